The van der Waals surface area contributed by atoms with E-state index in [2.05, 4.69) is 11.1 Å². The molecule has 1 unspecified atom stereocenters. The van der Waals surface area contributed by atoms with Gasteiger partial charge < -0.3 is 0 Å². The zero-order valence-electron chi connectivity index (χ0n) is 7.48. The summed E-state index contributed by atoms with van der Waals surface area (Å²) in [6.07, 6.45) is 1.96. The Morgan fingerprint density at radius 1 is 1.69 bits per heavy atom. The lowest BCUT2D eigenvalue weighted by Crippen LogP contribution is -1.96. The van der Waals surface area contributed by atoms with Gasteiger partial charge in [0.1, 0.15) is 0 Å². The first-order valence-corrected chi connectivity index (χ1v) is 4.93. The number of thiazole rings is 1. The third kappa shape index (κ3) is 1.12. The van der Waals surface area contributed by atoms with Crippen LogP contribution in [-0.4, -0.2) is 9.38 Å². The van der Waals surface area contributed by atoms with Crippen molar-refractivity contribution in [1.29, 1.82) is 5.26 Å². The molecule has 0 fully saturated rings. The maximum atomic E-state index is 8.84. The predicted octanol–water partition coefficient (Wildman–Crippen LogP) is 2.33. The molecule has 2 rings (SSSR count). The first-order chi connectivity index (χ1) is 6.24. The lowest BCUT2D eigenvalue weighted by atomic mass is 10.1. The van der Waals surface area contributed by atoms with Gasteiger partial charge in [0.25, 0.3) is 0 Å². The van der Waals surface area contributed by atoms with Gasteiger partial charge in [-0.2, -0.15) is 5.26 Å². The topological polar surface area (TPSA) is 41.1 Å². The van der Waals surface area contributed by atoms with E-state index in [1.165, 1.54) is 0 Å². The molecule has 1 atom stereocenters. The molecule has 13 heavy (non-hydrogen) atoms. The van der Waals surface area contributed by atoms with Gasteiger partial charge in [0.2, 0.25) is 0 Å². The van der Waals surface area contributed by atoms with Crippen LogP contribution in [0, 0.1) is 18.3 Å². The Kier molecular flexibility index (Phi) is 1.82. The molecule has 0 aliphatic heterocycles. The Bertz CT molecular complexity index is 474. The fourth-order valence-electron chi connectivity index (χ4n) is 1.49. The summed E-state index contributed by atoms with van der Waals surface area (Å²) in [5.41, 5.74) is 1.97. The quantitative estimate of drug-likeness (QED) is 0.694. The molecule has 3 nitrogen and oxygen atoms in total. The molecule has 4 heteroatoms. The number of imidazole rings is 1. The van der Waals surface area contributed by atoms with Gasteiger partial charge in [-0.3, -0.25) is 4.40 Å². The Hall–Kier alpha value is -1.34. The molecule has 66 valence electrons. The molecule has 0 N–H and O–H groups in total. The Balaban J connectivity index is 2.72. The fraction of sp³-hybridized carbons (Fsp3) is 0.333. The van der Waals surface area contributed by atoms with Crippen molar-refractivity contribution in [3.8, 4) is 6.07 Å². The molecule has 0 aromatic carbocycles. The highest BCUT2D eigenvalue weighted by Gasteiger charge is 2.14. The minimum absolute atomic E-state index is 0.0930. The van der Waals surface area contributed by atoms with Crippen molar-refractivity contribution in [2.45, 2.75) is 19.8 Å². The standard InChI is InChI=1S/C9H9N3S/c1-6(5-10)8-7(2)11-9-12(8)3-4-13-9/h3-4,6H,1-2H3. The van der Waals surface area contributed by atoms with E-state index in [9.17, 15) is 0 Å². The first-order valence-electron chi connectivity index (χ1n) is 4.05. The summed E-state index contributed by atoms with van der Waals surface area (Å²) < 4.78 is 1.99. The first kappa shape index (κ1) is 8.27. The van der Waals surface area contributed by atoms with Crippen LogP contribution < -0.4 is 0 Å². The Labute approximate surface area is 80.3 Å². The highest BCUT2D eigenvalue weighted by molar-refractivity contribution is 7.15. The number of hydrogen-bond acceptors (Lipinski definition) is 3. The third-order valence-electron chi connectivity index (χ3n) is 2.09. The zero-order valence-corrected chi connectivity index (χ0v) is 8.30. The van der Waals surface area contributed by atoms with E-state index < -0.39 is 0 Å². The van der Waals surface area contributed by atoms with Gasteiger partial charge in [0.15, 0.2) is 4.96 Å². The normalized spacial score (nSPS) is 13.0. The molecule has 0 radical (unpaired) electrons. The van der Waals surface area contributed by atoms with Crippen LogP contribution in [0.4, 0.5) is 0 Å². The summed E-state index contributed by atoms with van der Waals surface area (Å²) >= 11 is 1.59. The molecule has 0 saturated heterocycles. The highest BCUT2D eigenvalue weighted by atomic mass is 32.1. The number of nitrogens with zero attached hydrogens (tertiary/aromatic N) is 3. The smallest absolute Gasteiger partial charge is 0.194 e. The van der Waals surface area contributed by atoms with E-state index in [1.807, 2.05) is 29.8 Å². The van der Waals surface area contributed by atoms with Crippen molar-refractivity contribution in [3.05, 3.63) is 23.0 Å². The van der Waals surface area contributed by atoms with Gasteiger partial charge in [0.05, 0.1) is 23.4 Å². The largest absolute Gasteiger partial charge is 0.293 e. The van der Waals surface area contributed by atoms with Crippen LogP contribution in [0.5, 0.6) is 0 Å². The minimum Gasteiger partial charge on any atom is -0.293 e. The summed E-state index contributed by atoms with van der Waals surface area (Å²) in [5, 5.41) is 10.8. The van der Waals surface area contributed by atoms with Crippen LogP contribution in [0.2, 0.25) is 0 Å². The molecule has 0 aliphatic rings. The third-order valence-corrected chi connectivity index (χ3v) is 2.84. The average molecular weight is 191 g/mol. The second-order valence-electron chi connectivity index (χ2n) is 2.99. The molecule has 0 amide bonds. The SMILES string of the molecule is Cc1nc2sccn2c1C(C)C#N. The molecular weight excluding hydrogens is 182 g/mol. The van der Waals surface area contributed by atoms with Crippen LogP contribution in [0.3, 0.4) is 0 Å². The monoisotopic (exact) mass is 191 g/mol. The number of nitriles is 1. The fourth-order valence-corrected chi connectivity index (χ4v) is 2.26. The van der Waals surface area contributed by atoms with E-state index >= 15 is 0 Å². The lowest BCUT2D eigenvalue weighted by Gasteiger charge is -2.00. The van der Waals surface area contributed by atoms with Crippen molar-refractivity contribution >= 4 is 16.3 Å². The van der Waals surface area contributed by atoms with Gasteiger partial charge in [-0.15, -0.1) is 11.3 Å². The Morgan fingerprint density at radius 3 is 3.15 bits per heavy atom. The van der Waals surface area contributed by atoms with E-state index in [0.717, 1.165) is 16.3 Å². The number of fused-ring (bicyclic) bond motifs is 1. The Morgan fingerprint density at radius 2 is 2.46 bits per heavy atom. The highest BCUT2D eigenvalue weighted by Crippen LogP contribution is 2.23. The van der Waals surface area contributed by atoms with Gasteiger partial charge in [-0.25, -0.2) is 4.98 Å². The molecule has 0 saturated carbocycles. The van der Waals surface area contributed by atoms with E-state index in [1.54, 1.807) is 11.3 Å². The lowest BCUT2D eigenvalue weighted by molar-refractivity contribution is 0.888. The summed E-state index contributed by atoms with van der Waals surface area (Å²) in [6.45, 7) is 3.84. The number of aromatic nitrogens is 2. The molecule has 2 aromatic heterocycles. The second kappa shape index (κ2) is 2.86. The molecular formula is C9H9N3S. The van der Waals surface area contributed by atoms with Crippen LogP contribution in [0.1, 0.15) is 24.2 Å². The summed E-state index contributed by atoms with van der Waals surface area (Å²) in [6, 6.07) is 2.23. The van der Waals surface area contributed by atoms with Crippen LogP contribution in [0.15, 0.2) is 11.6 Å². The van der Waals surface area contributed by atoms with E-state index in [4.69, 9.17) is 5.26 Å². The molecule has 2 aromatic rings. The van der Waals surface area contributed by atoms with Gasteiger partial charge in [0, 0.05) is 11.6 Å². The van der Waals surface area contributed by atoms with Gasteiger partial charge >= 0.3 is 0 Å². The molecule has 0 aliphatic carbocycles. The number of hydrogen-bond donors (Lipinski definition) is 0. The van der Waals surface area contributed by atoms with Gasteiger partial charge in [-0.05, 0) is 13.8 Å². The minimum atomic E-state index is -0.0930. The van der Waals surface area contributed by atoms with E-state index in [0.29, 0.717) is 0 Å². The van der Waals surface area contributed by atoms with Crippen LogP contribution in [-0.2, 0) is 0 Å². The van der Waals surface area contributed by atoms with Crippen molar-refractivity contribution in [2.75, 3.05) is 0 Å². The van der Waals surface area contributed by atoms with Crippen LogP contribution in [0.25, 0.3) is 4.96 Å². The maximum absolute atomic E-state index is 8.84. The summed E-state index contributed by atoms with van der Waals surface area (Å²) in [5.74, 6) is -0.0930. The molecule has 0 bridgehead atoms. The number of aryl methyl sites for hydroxylation is 1. The second-order valence-corrected chi connectivity index (χ2v) is 3.86. The summed E-state index contributed by atoms with van der Waals surface area (Å²) in [7, 11) is 0. The predicted molar refractivity (Wildman–Crippen MR) is 51.8 cm³/mol. The van der Waals surface area contributed by atoms with Crippen molar-refractivity contribution < 1.29 is 0 Å². The van der Waals surface area contributed by atoms with Crippen molar-refractivity contribution in [2.24, 2.45) is 0 Å². The number of rotatable bonds is 1. The van der Waals surface area contributed by atoms with Crippen molar-refractivity contribution in [3.63, 3.8) is 0 Å². The molecule has 2 heterocycles. The van der Waals surface area contributed by atoms with E-state index in [-0.39, 0.29) is 5.92 Å². The van der Waals surface area contributed by atoms with Crippen LogP contribution >= 0.6 is 11.3 Å². The average Bonchev–Trinajstić information content (AvgIpc) is 2.62. The molecule has 0 spiro atoms. The maximum Gasteiger partial charge on any atom is 0.194 e. The van der Waals surface area contributed by atoms with Gasteiger partial charge in [-0.1, -0.05) is 0 Å². The summed E-state index contributed by atoms with van der Waals surface area (Å²) in [4.78, 5) is 5.34. The zero-order chi connectivity index (χ0) is 9.42. The van der Waals surface area contributed by atoms with Crippen molar-refractivity contribution in [1.82, 2.24) is 9.38 Å².